The van der Waals surface area contributed by atoms with Crippen LogP contribution in [0.3, 0.4) is 0 Å². The standard InChI is InChI=1S/C14H18N2O3/c1-14(2,3)13(17)15-9-5-7-10-6-4-8-11(12(10)15)16(18)19/h4,6,8H,5,7,9H2,1-3H3. The lowest BCUT2D eigenvalue weighted by Gasteiger charge is -2.33. The van der Waals surface area contributed by atoms with E-state index in [0.717, 1.165) is 18.4 Å². The minimum Gasteiger partial charge on any atom is -0.306 e. The summed E-state index contributed by atoms with van der Waals surface area (Å²) in [5, 5.41) is 11.2. The lowest BCUT2D eigenvalue weighted by atomic mass is 9.91. The number of nitro groups is 1. The zero-order valence-corrected chi connectivity index (χ0v) is 11.5. The number of aryl methyl sites for hydroxylation is 1. The molecule has 0 saturated carbocycles. The first kappa shape index (κ1) is 13.5. The molecule has 1 aliphatic rings. The number of rotatable bonds is 1. The molecule has 1 aromatic rings. The maximum Gasteiger partial charge on any atom is 0.293 e. The molecule has 0 radical (unpaired) electrons. The van der Waals surface area contributed by atoms with Gasteiger partial charge in [0.15, 0.2) is 0 Å². The highest BCUT2D eigenvalue weighted by Crippen LogP contribution is 2.37. The van der Waals surface area contributed by atoms with Gasteiger partial charge < -0.3 is 4.90 Å². The average molecular weight is 262 g/mol. The molecule has 0 unspecified atom stereocenters. The van der Waals surface area contributed by atoms with Gasteiger partial charge in [-0.05, 0) is 18.4 Å². The molecule has 5 nitrogen and oxygen atoms in total. The van der Waals surface area contributed by atoms with Gasteiger partial charge >= 0.3 is 0 Å². The summed E-state index contributed by atoms with van der Waals surface area (Å²) in [7, 11) is 0. The summed E-state index contributed by atoms with van der Waals surface area (Å²) in [5.41, 5.74) is 0.852. The van der Waals surface area contributed by atoms with Crippen molar-refractivity contribution in [1.82, 2.24) is 0 Å². The number of fused-ring (bicyclic) bond motifs is 1. The van der Waals surface area contributed by atoms with Crippen LogP contribution in [0.1, 0.15) is 32.8 Å². The number of nitrogens with zero attached hydrogens (tertiary/aromatic N) is 2. The first-order chi connectivity index (χ1) is 8.82. The zero-order valence-electron chi connectivity index (χ0n) is 11.5. The normalized spacial score (nSPS) is 15.0. The highest BCUT2D eigenvalue weighted by Gasteiger charge is 2.35. The van der Waals surface area contributed by atoms with E-state index in [1.165, 1.54) is 6.07 Å². The van der Waals surface area contributed by atoms with Crippen LogP contribution in [0.15, 0.2) is 18.2 Å². The second-order valence-electron chi connectivity index (χ2n) is 5.85. The number of hydrogen-bond donors (Lipinski definition) is 0. The number of carbonyl (C=O) groups excluding carboxylic acids is 1. The summed E-state index contributed by atoms with van der Waals surface area (Å²) in [4.78, 5) is 24.8. The van der Waals surface area contributed by atoms with Crippen LogP contribution < -0.4 is 4.90 Å². The van der Waals surface area contributed by atoms with Gasteiger partial charge in [-0.2, -0.15) is 0 Å². The van der Waals surface area contributed by atoms with Gasteiger partial charge in [0, 0.05) is 18.0 Å². The molecule has 102 valence electrons. The molecule has 0 saturated heterocycles. The van der Waals surface area contributed by atoms with E-state index in [2.05, 4.69) is 0 Å². The molecule has 1 aliphatic heterocycles. The van der Waals surface area contributed by atoms with Crippen molar-refractivity contribution in [1.29, 1.82) is 0 Å². The Balaban J connectivity index is 2.55. The van der Waals surface area contributed by atoms with Gasteiger partial charge in [0.1, 0.15) is 5.69 Å². The van der Waals surface area contributed by atoms with E-state index in [4.69, 9.17) is 0 Å². The van der Waals surface area contributed by atoms with Gasteiger partial charge in [-0.1, -0.05) is 32.9 Å². The molecule has 0 N–H and O–H groups in total. The minimum atomic E-state index is -0.543. The number of nitro benzene ring substituents is 1. The maximum absolute atomic E-state index is 12.5. The van der Waals surface area contributed by atoms with Crippen LogP contribution in [0.25, 0.3) is 0 Å². The third-order valence-electron chi connectivity index (χ3n) is 3.28. The number of carbonyl (C=O) groups is 1. The molecule has 0 aliphatic carbocycles. The highest BCUT2D eigenvalue weighted by atomic mass is 16.6. The van der Waals surface area contributed by atoms with Crippen LogP contribution in [0, 0.1) is 15.5 Å². The SMILES string of the molecule is CC(C)(C)C(=O)N1CCCc2cccc([N+](=O)[O-])c21. The van der Waals surface area contributed by atoms with Crippen molar-refractivity contribution in [2.75, 3.05) is 11.4 Å². The van der Waals surface area contributed by atoms with Crippen molar-refractivity contribution in [3.63, 3.8) is 0 Å². The lowest BCUT2D eigenvalue weighted by molar-refractivity contribution is -0.384. The van der Waals surface area contributed by atoms with Gasteiger partial charge in [0.05, 0.1) is 4.92 Å². The molecular formula is C14H18N2O3. The van der Waals surface area contributed by atoms with Crippen molar-refractivity contribution in [3.05, 3.63) is 33.9 Å². The first-order valence-corrected chi connectivity index (χ1v) is 6.40. The van der Waals surface area contributed by atoms with E-state index in [-0.39, 0.29) is 11.6 Å². The van der Waals surface area contributed by atoms with Crippen molar-refractivity contribution >= 4 is 17.3 Å². The molecule has 0 bridgehead atoms. The van der Waals surface area contributed by atoms with Crippen LogP contribution >= 0.6 is 0 Å². The average Bonchev–Trinajstić information content (AvgIpc) is 2.35. The molecule has 5 heteroatoms. The van der Waals surface area contributed by atoms with Crippen LogP contribution in [0.4, 0.5) is 11.4 Å². The predicted octanol–water partition coefficient (Wildman–Crippen LogP) is 2.92. The van der Waals surface area contributed by atoms with Crippen molar-refractivity contribution in [3.8, 4) is 0 Å². The topological polar surface area (TPSA) is 63.5 Å². The van der Waals surface area contributed by atoms with E-state index in [1.807, 2.05) is 26.8 Å². The second kappa shape index (κ2) is 4.64. The number of amides is 1. The summed E-state index contributed by atoms with van der Waals surface area (Å²) in [6, 6.07) is 5.01. The van der Waals surface area contributed by atoms with Gasteiger partial charge in [-0.15, -0.1) is 0 Å². The zero-order chi connectivity index (χ0) is 14.2. The van der Waals surface area contributed by atoms with Crippen molar-refractivity contribution in [2.45, 2.75) is 33.6 Å². The molecule has 0 atom stereocenters. The molecular weight excluding hydrogens is 244 g/mol. The van der Waals surface area contributed by atoms with Crippen molar-refractivity contribution in [2.24, 2.45) is 5.41 Å². The summed E-state index contributed by atoms with van der Waals surface area (Å²) in [5.74, 6) is -0.0669. The van der Waals surface area contributed by atoms with Crippen LogP contribution in [-0.2, 0) is 11.2 Å². The quantitative estimate of drug-likeness (QED) is 0.577. The van der Waals surface area contributed by atoms with E-state index in [0.29, 0.717) is 12.2 Å². The van der Waals surface area contributed by atoms with Crippen LogP contribution in [0.5, 0.6) is 0 Å². The minimum absolute atomic E-state index is 0.0230. The molecule has 0 aromatic heterocycles. The first-order valence-electron chi connectivity index (χ1n) is 6.40. The van der Waals surface area contributed by atoms with Gasteiger partial charge in [-0.25, -0.2) is 0 Å². The molecule has 19 heavy (non-hydrogen) atoms. The summed E-state index contributed by atoms with van der Waals surface area (Å²) >= 11 is 0. The largest absolute Gasteiger partial charge is 0.306 e. The van der Waals surface area contributed by atoms with Crippen molar-refractivity contribution < 1.29 is 9.72 Å². The maximum atomic E-state index is 12.5. The molecule has 1 heterocycles. The Morgan fingerprint density at radius 3 is 2.63 bits per heavy atom. The van der Waals surface area contributed by atoms with Gasteiger partial charge in [0.2, 0.25) is 5.91 Å². The Kier molecular flexibility index (Phi) is 3.30. The number of hydrogen-bond acceptors (Lipinski definition) is 3. The fourth-order valence-corrected chi connectivity index (χ4v) is 2.39. The number of para-hydroxylation sites is 1. The summed E-state index contributed by atoms with van der Waals surface area (Å²) < 4.78 is 0. The summed E-state index contributed by atoms with van der Waals surface area (Å²) in [6.07, 6.45) is 1.63. The van der Waals surface area contributed by atoms with E-state index in [1.54, 1.807) is 11.0 Å². The Labute approximate surface area is 112 Å². The molecule has 1 aromatic carbocycles. The Hall–Kier alpha value is -1.91. The third kappa shape index (κ3) is 2.45. The monoisotopic (exact) mass is 262 g/mol. The number of benzene rings is 1. The van der Waals surface area contributed by atoms with Gasteiger partial charge in [-0.3, -0.25) is 14.9 Å². The molecule has 2 rings (SSSR count). The van der Waals surface area contributed by atoms with Gasteiger partial charge in [0.25, 0.3) is 5.69 Å². The smallest absolute Gasteiger partial charge is 0.293 e. The van der Waals surface area contributed by atoms with E-state index in [9.17, 15) is 14.9 Å². The second-order valence-corrected chi connectivity index (χ2v) is 5.85. The third-order valence-corrected chi connectivity index (χ3v) is 3.28. The molecule has 0 fully saturated rings. The highest BCUT2D eigenvalue weighted by molar-refractivity contribution is 6.00. The fraction of sp³-hybridized carbons (Fsp3) is 0.500. The Morgan fingerprint density at radius 1 is 1.37 bits per heavy atom. The molecule has 1 amide bonds. The van der Waals surface area contributed by atoms with E-state index >= 15 is 0 Å². The van der Waals surface area contributed by atoms with Crippen LogP contribution in [-0.4, -0.2) is 17.4 Å². The Bertz CT molecular complexity index is 532. The van der Waals surface area contributed by atoms with E-state index < -0.39 is 10.3 Å². The summed E-state index contributed by atoms with van der Waals surface area (Å²) in [6.45, 7) is 6.04. The predicted molar refractivity (Wildman–Crippen MR) is 73.2 cm³/mol. The number of anilines is 1. The molecule has 0 spiro atoms. The fourth-order valence-electron chi connectivity index (χ4n) is 2.39. The lowest BCUT2D eigenvalue weighted by Crippen LogP contribution is -2.42. The van der Waals surface area contributed by atoms with Crippen LogP contribution in [0.2, 0.25) is 0 Å². The Morgan fingerprint density at radius 2 is 2.05 bits per heavy atom.